The molecule has 122 valence electrons. The molecular formula is C13H22N6O3. The Kier molecular flexibility index (Phi) is 4.62. The van der Waals surface area contributed by atoms with Crippen LogP contribution in [0.2, 0.25) is 0 Å². The van der Waals surface area contributed by atoms with Crippen LogP contribution in [0, 0.1) is 5.41 Å². The minimum absolute atomic E-state index is 0.0431. The van der Waals surface area contributed by atoms with Crippen molar-refractivity contribution in [3.8, 4) is 0 Å². The third kappa shape index (κ3) is 2.62. The minimum atomic E-state index is -1.32. The lowest BCUT2D eigenvalue weighted by molar-refractivity contribution is -0.162. The standard InChI is InChI=1S/C13H22N6O3/c1-3-13(4-2,11(21)22)10(20)18-7-5-9(6-8-18)19-12(14)15-16-17-19/h9H,3-8H2,1-2H3,(H,21,22)(H2,14,15,17). The Morgan fingerprint density at radius 3 is 2.32 bits per heavy atom. The summed E-state index contributed by atoms with van der Waals surface area (Å²) in [6.07, 6.45) is 1.89. The van der Waals surface area contributed by atoms with Crippen molar-refractivity contribution in [2.75, 3.05) is 18.8 Å². The normalized spacial score (nSPS) is 16.7. The third-order valence-corrected chi connectivity index (χ3v) is 4.64. The number of aromatic nitrogens is 4. The van der Waals surface area contributed by atoms with Gasteiger partial charge in [0, 0.05) is 13.1 Å². The molecule has 9 heteroatoms. The summed E-state index contributed by atoms with van der Waals surface area (Å²) < 4.78 is 1.56. The fourth-order valence-electron chi connectivity index (χ4n) is 3.02. The molecule has 2 rings (SSSR count). The number of carbonyl (C=O) groups is 2. The lowest BCUT2D eigenvalue weighted by Crippen LogP contribution is -2.50. The van der Waals surface area contributed by atoms with Gasteiger partial charge in [0.05, 0.1) is 6.04 Å². The maximum Gasteiger partial charge on any atom is 0.319 e. The number of aliphatic carboxylic acids is 1. The van der Waals surface area contributed by atoms with Crippen molar-refractivity contribution in [3.05, 3.63) is 0 Å². The Bertz CT molecular complexity index is 546. The summed E-state index contributed by atoms with van der Waals surface area (Å²) in [5.74, 6) is -1.09. The highest BCUT2D eigenvalue weighted by atomic mass is 16.4. The number of rotatable bonds is 5. The fraction of sp³-hybridized carbons (Fsp3) is 0.769. The smallest absolute Gasteiger partial charge is 0.319 e. The molecule has 1 aliphatic heterocycles. The summed E-state index contributed by atoms with van der Waals surface area (Å²) in [6, 6.07) is 0.0431. The molecule has 0 atom stereocenters. The summed E-state index contributed by atoms with van der Waals surface area (Å²) in [6.45, 7) is 4.45. The van der Waals surface area contributed by atoms with Gasteiger partial charge in [0.25, 0.3) is 0 Å². The quantitative estimate of drug-likeness (QED) is 0.749. The van der Waals surface area contributed by atoms with Crippen molar-refractivity contribution in [1.29, 1.82) is 0 Å². The van der Waals surface area contributed by atoms with Crippen LogP contribution in [0.4, 0.5) is 5.95 Å². The molecule has 0 radical (unpaired) electrons. The second-order valence-electron chi connectivity index (χ2n) is 5.60. The van der Waals surface area contributed by atoms with Crippen LogP contribution in [0.15, 0.2) is 0 Å². The first-order valence-corrected chi connectivity index (χ1v) is 7.52. The van der Waals surface area contributed by atoms with Gasteiger partial charge in [0.1, 0.15) is 5.41 Å². The number of nitrogens with two attached hydrogens (primary N) is 1. The largest absolute Gasteiger partial charge is 0.480 e. The Morgan fingerprint density at radius 1 is 1.32 bits per heavy atom. The number of carbonyl (C=O) groups excluding carboxylic acids is 1. The lowest BCUT2D eigenvalue weighted by Gasteiger charge is -2.37. The summed E-state index contributed by atoms with van der Waals surface area (Å²) in [4.78, 5) is 25.9. The number of piperidine rings is 1. The maximum absolute atomic E-state index is 12.7. The van der Waals surface area contributed by atoms with Gasteiger partial charge in [-0.15, -0.1) is 0 Å². The molecule has 0 aliphatic carbocycles. The second-order valence-corrected chi connectivity index (χ2v) is 5.60. The van der Waals surface area contributed by atoms with E-state index in [2.05, 4.69) is 15.5 Å². The number of carboxylic acids is 1. The Morgan fingerprint density at radius 2 is 1.91 bits per heavy atom. The van der Waals surface area contributed by atoms with Crippen LogP contribution in [-0.2, 0) is 9.59 Å². The fourth-order valence-corrected chi connectivity index (χ4v) is 3.02. The molecule has 0 bridgehead atoms. The number of amides is 1. The van der Waals surface area contributed by atoms with Crippen LogP contribution >= 0.6 is 0 Å². The molecule has 1 aromatic rings. The zero-order chi connectivity index (χ0) is 16.3. The molecule has 22 heavy (non-hydrogen) atoms. The van der Waals surface area contributed by atoms with Crippen LogP contribution in [0.3, 0.4) is 0 Å². The summed E-state index contributed by atoms with van der Waals surface area (Å²) in [5, 5.41) is 20.5. The van der Waals surface area contributed by atoms with E-state index in [-0.39, 0.29) is 30.7 Å². The zero-order valence-electron chi connectivity index (χ0n) is 12.9. The first-order valence-electron chi connectivity index (χ1n) is 7.52. The number of carboxylic acid groups (broad SMARTS) is 1. The molecule has 1 aromatic heterocycles. The molecule has 1 fully saturated rings. The number of nitrogen functional groups attached to an aromatic ring is 1. The number of likely N-dealkylation sites (tertiary alicyclic amines) is 1. The summed E-state index contributed by atoms with van der Waals surface area (Å²) >= 11 is 0. The van der Waals surface area contributed by atoms with Crippen molar-refractivity contribution in [1.82, 2.24) is 25.1 Å². The van der Waals surface area contributed by atoms with E-state index in [4.69, 9.17) is 5.73 Å². The SMILES string of the molecule is CCC(CC)(C(=O)O)C(=O)N1CCC(n2nnnc2N)CC1. The average Bonchev–Trinajstić information content (AvgIpc) is 2.95. The number of anilines is 1. The van der Waals surface area contributed by atoms with Crippen molar-refractivity contribution < 1.29 is 14.7 Å². The van der Waals surface area contributed by atoms with E-state index < -0.39 is 11.4 Å². The van der Waals surface area contributed by atoms with E-state index in [9.17, 15) is 14.7 Å². The molecule has 0 saturated carbocycles. The van der Waals surface area contributed by atoms with E-state index in [0.29, 0.717) is 25.9 Å². The van der Waals surface area contributed by atoms with Crippen LogP contribution in [0.1, 0.15) is 45.6 Å². The monoisotopic (exact) mass is 310 g/mol. The van der Waals surface area contributed by atoms with Crippen molar-refractivity contribution >= 4 is 17.8 Å². The predicted molar refractivity (Wildman–Crippen MR) is 77.7 cm³/mol. The van der Waals surface area contributed by atoms with Crippen LogP contribution in [0.25, 0.3) is 0 Å². The van der Waals surface area contributed by atoms with Gasteiger partial charge in [-0.3, -0.25) is 9.59 Å². The average molecular weight is 310 g/mol. The molecule has 1 saturated heterocycles. The molecule has 0 aromatic carbocycles. The summed E-state index contributed by atoms with van der Waals surface area (Å²) in [7, 11) is 0. The molecule has 9 nitrogen and oxygen atoms in total. The highest BCUT2D eigenvalue weighted by Gasteiger charge is 2.46. The predicted octanol–water partition coefficient (Wildman–Crippen LogP) is 0.310. The molecule has 0 spiro atoms. The van der Waals surface area contributed by atoms with Gasteiger partial charge in [-0.1, -0.05) is 18.9 Å². The van der Waals surface area contributed by atoms with Gasteiger partial charge in [-0.05, 0) is 36.1 Å². The Balaban J connectivity index is 2.06. The van der Waals surface area contributed by atoms with Crippen LogP contribution in [0.5, 0.6) is 0 Å². The first-order chi connectivity index (χ1) is 10.5. The van der Waals surface area contributed by atoms with Gasteiger partial charge in [-0.25, -0.2) is 4.68 Å². The molecule has 1 aliphatic rings. The number of hydrogen-bond donors (Lipinski definition) is 2. The van der Waals surface area contributed by atoms with Crippen molar-refractivity contribution in [3.63, 3.8) is 0 Å². The first kappa shape index (κ1) is 16.2. The van der Waals surface area contributed by atoms with Crippen LogP contribution in [-0.4, -0.2) is 55.2 Å². The highest BCUT2D eigenvalue weighted by Crippen LogP contribution is 2.32. The van der Waals surface area contributed by atoms with Gasteiger partial charge in [0.2, 0.25) is 11.9 Å². The Labute approximate surface area is 128 Å². The van der Waals surface area contributed by atoms with E-state index in [1.807, 2.05) is 0 Å². The molecule has 3 N–H and O–H groups in total. The van der Waals surface area contributed by atoms with Crippen molar-refractivity contribution in [2.24, 2.45) is 5.41 Å². The molecule has 1 amide bonds. The second kappa shape index (κ2) is 6.29. The van der Waals surface area contributed by atoms with Crippen molar-refractivity contribution in [2.45, 2.75) is 45.6 Å². The lowest BCUT2D eigenvalue weighted by atomic mass is 9.80. The molecule has 0 unspecified atom stereocenters. The van der Waals surface area contributed by atoms with Crippen LogP contribution < -0.4 is 5.73 Å². The minimum Gasteiger partial charge on any atom is -0.480 e. The zero-order valence-corrected chi connectivity index (χ0v) is 12.9. The van der Waals surface area contributed by atoms with Gasteiger partial charge < -0.3 is 15.7 Å². The Hall–Kier alpha value is -2.19. The molecular weight excluding hydrogens is 288 g/mol. The third-order valence-electron chi connectivity index (χ3n) is 4.64. The maximum atomic E-state index is 12.7. The number of hydrogen-bond acceptors (Lipinski definition) is 6. The van der Waals surface area contributed by atoms with E-state index in [1.165, 1.54) is 0 Å². The van der Waals surface area contributed by atoms with Gasteiger partial charge in [-0.2, -0.15) is 0 Å². The molecule has 2 heterocycles. The van der Waals surface area contributed by atoms with E-state index in [1.54, 1.807) is 23.4 Å². The van der Waals surface area contributed by atoms with Gasteiger partial charge >= 0.3 is 5.97 Å². The number of nitrogens with zero attached hydrogens (tertiary/aromatic N) is 5. The topological polar surface area (TPSA) is 127 Å². The van der Waals surface area contributed by atoms with E-state index in [0.717, 1.165) is 0 Å². The number of tetrazole rings is 1. The highest BCUT2D eigenvalue weighted by molar-refractivity contribution is 6.01. The van der Waals surface area contributed by atoms with Gasteiger partial charge in [0.15, 0.2) is 0 Å². The summed E-state index contributed by atoms with van der Waals surface area (Å²) in [5.41, 5.74) is 4.37. The van der Waals surface area contributed by atoms with E-state index >= 15 is 0 Å².